The summed E-state index contributed by atoms with van der Waals surface area (Å²) >= 11 is 0. The van der Waals surface area contributed by atoms with Gasteiger partial charge >= 0.3 is 0 Å². The SMILES string of the molecule is OCCOCCCc1ccc(-c2cncc(OCC3CCN3)c2)cc1. The van der Waals surface area contributed by atoms with Gasteiger partial charge in [0, 0.05) is 24.4 Å². The molecule has 0 amide bonds. The lowest BCUT2D eigenvalue weighted by atomic mass is 10.0. The molecular weight excluding hydrogens is 316 g/mol. The second-order valence-corrected chi connectivity index (χ2v) is 6.30. The highest BCUT2D eigenvalue weighted by molar-refractivity contribution is 5.64. The molecule has 5 heteroatoms. The third-order valence-corrected chi connectivity index (χ3v) is 4.37. The van der Waals surface area contributed by atoms with Gasteiger partial charge in [0.05, 0.1) is 19.4 Å². The Balaban J connectivity index is 1.52. The van der Waals surface area contributed by atoms with Crippen LogP contribution in [0.2, 0.25) is 0 Å². The summed E-state index contributed by atoms with van der Waals surface area (Å²) in [6.07, 6.45) is 6.75. The van der Waals surface area contributed by atoms with Gasteiger partial charge in [0.25, 0.3) is 0 Å². The highest BCUT2D eigenvalue weighted by atomic mass is 16.5. The van der Waals surface area contributed by atoms with Crippen LogP contribution < -0.4 is 10.1 Å². The molecule has 25 heavy (non-hydrogen) atoms. The van der Waals surface area contributed by atoms with Crippen molar-refractivity contribution in [3.8, 4) is 16.9 Å². The Morgan fingerprint density at radius 2 is 1.96 bits per heavy atom. The Hall–Kier alpha value is -1.95. The summed E-state index contributed by atoms with van der Waals surface area (Å²) < 4.78 is 11.1. The average Bonchev–Trinajstić information content (AvgIpc) is 2.61. The number of benzene rings is 1. The minimum absolute atomic E-state index is 0.0860. The Kier molecular flexibility index (Phi) is 6.79. The lowest BCUT2D eigenvalue weighted by Crippen LogP contribution is -2.46. The fraction of sp³-hybridized carbons (Fsp3) is 0.450. The zero-order valence-corrected chi connectivity index (χ0v) is 14.5. The molecule has 1 saturated heterocycles. The molecule has 0 bridgehead atoms. The van der Waals surface area contributed by atoms with E-state index in [-0.39, 0.29) is 6.61 Å². The number of rotatable bonds is 10. The number of pyridine rings is 1. The van der Waals surface area contributed by atoms with Gasteiger partial charge in [0.15, 0.2) is 0 Å². The number of aliphatic hydroxyl groups is 1. The fourth-order valence-corrected chi connectivity index (χ4v) is 2.75. The number of ether oxygens (including phenoxy) is 2. The zero-order chi connectivity index (χ0) is 17.3. The lowest BCUT2D eigenvalue weighted by Gasteiger charge is -2.27. The molecule has 1 aromatic heterocycles. The minimum atomic E-state index is 0.0860. The normalized spacial score (nSPS) is 16.4. The predicted octanol–water partition coefficient (Wildman–Crippen LogP) is 2.43. The third kappa shape index (κ3) is 5.53. The molecule has 134 valence electrons. The Labute approximate surface area is 149 Å². The first-order valence-electron chi connectivity index (χ1n) is 8.94. The number of aliphatic hydroxyl groups excluding tert-OH is 1. The Morgan fingerprint density at radius 3 is 2.68 bits per heavy atom. The van der Waals surface area contributed by atoms with Crippen LogP contribution in [-0.4, -0.2) is 49.1 Å². The van der Waals surface area contributed by atoms with Gasteiger partial charge in [-0.3, -0.25) is 4.98 Å². The maximum atomic E-state index is 8.67. The summed E-state index contributed by atoms with van der Waals surface area (Å²) in [5.41, 5.74) is 3.49. The number of aryl methyl sites for hydroxylation is 1. The molecule has 2 N–H and O–H groups in total. The van der Waals surface area contributed by atoms with E-state index in [9.17, 15) is 0 Å². The molecule has 2 aromatic rings. The molecular formula is C20H26N2O3. The van der Waals surface area contributed by atoms with Gasteiger partial charge in [-0.05, 0) is 43.0 Å². The maximum absolute atomic E-state index is 8.67. The zero-order valence-electron chi connectivity index (χ0n) is 14.5. The number of aromatic nitrogens is 1. The number of nitrogens with one attached hydrogen (secondary N) is 1. The molecule has 1 unspecified atom stereocenters. The van der Waals surface area contributed by atoms with E-state index in [0.29, 0.717) is 25.9 Å². The van der Waals surface area contributed by atoms with Crippen LogP contribution in [0.15, 0.2) is 42.7 Å². The Bertz CT molecular complexity index is 642. The van der Waals surface area contributed by atoms with Crippen LogP contribution in [0, 0.1) is 0 Å². The molecule has 1 aliphatic heterocycles. The van der Waals surface area contributed by atoms with Gasteiger partial charge in [-0.25, -0.2) is 0 Å². The van der Waals surface area contributed by atoms with E-state index < -0.39 is 0 Å². The van der Waals surface area contributed by atoms with Crippen LogP contribution in [0.3, 0.4) is 0 Å². The van der Waals surface area contributed by atoms with E-state index in [1.807, 2.05) is 12.3 Å². The first kappa shape index (κ1) is 17.9. The summed E-state index contributed by atoms with van der Waals surface area (Å²) in [7, 11) is 0. The topological polar surface area (TPSA) is 63.6 Å². The lowest BCUT2D eigenvalue weighted by molar-refractivity contribution is 0.0909. The van der Waals surface area contributed by atoms with E-state index in [1.54, 1.807) is 6.20 Å². The van der Waals surface area contributed by atoms with Gasteiger partial charge in [0.2, 0.25) is 0 Å². The van der Waals surface area contributed by atoms with Crippen LogP contribution in [0.4, 0.5) is 0 Å². The third-order valence-electron chi connectivity index (χ3n) is 4.37. The van der Waals surface area contributed by atoms with Gasteiger partial charge in [-0.1, -0.05) is 24.3 Å². The number of hydrogen-bond donors (Lipinski definition) is 2. The molecule has 0 radical (unpaired) electrons. The average molecular weight is 342 g/mol. The quantitative estimate of drug-likeness (QED) is 0.649. The van der Waals surface area contributed by atoms with E-state index in [2.05, 4.69) is 34.6 Å². The van der Waals surface area contributed by atoms with Crippen LogP contribution >= 0.6 is 0 Å². The second kappa shape index (κ2) is 9.51. The van der Waals surface area contributed by atoms with E-state index in [1.165, 1.54) is 12.0 Å². The second-order valence-electron chi connectivity index (χ2n) is 6.30. The Morgan fingerprint density at radius 1 is 1.12 bits per heavy atom. The van der Waals surface area contributed by atoms with Crippen molar-refractivity contribution in [1.29, 1.82) is 0 Å². The van der Waals surface area contributed by atoms with Crippen molar-refractivity contribution < 1.29 is 14.6 Å². The van der Waals surface area contributed by atoms with E-state index >= 15 is 0 Å². The van der Waals surface area contributed by atoms with Crippen molar-refractivity contribution >= 4 is 0 Å². The molecule has 5 nitrogen and oxygen atoms in total. The van der Waals surface area contributed by atoms with Crippen molar-refractivity contribution in [1.82, 2.24) is 10.3 Å². The molecule has 1 aliphatic rings. The smallest absolute Gasteiger partial charge is 0.138 e. The van der Waals surface area contributed by atoms with Gasteiger partial charge in [-0.15, -0.1) is 0 Å². The van der Waals surface area contributed by atoms with Crippen LogP contribution in [-0.2, 0) is 11.2 Å². The first-order chi connectivity index (χ1) is 12.3. The molecule has 0 aliphatic carbocycles. The summed E-state index contributed by atoms with van der Waals surface area (Å²) in [6.45, 7) is 2.97. The first-order valence-corrected chi connectivity index (χ1v) is 8.94. The number of hydrogen-bond acceptors (Lipinski definition) is 5. The van der Waals surface area contributed by atoms with Crippen molar-refractivity contribution in [3.05, 3.63) is 48.3 Å². The van der Waals surface area contributed by atoms with Gasteiger partial charge in [0.1, 0.15) is 12.4 Å². The summed E-state index contributed by atoms with van der Waals surface area (Å²) in [5, 5.41) is 12.0. The highest BCUT2D eigenvalue weighted by Gasteiger charge is 2.16. The largest absolute Gasteiger partial charge is 0.490 e. The molecule has 0 spiro atoms. The van der Waals surface area contributed by atoms with Crippen molar-refractivity contribution in [2.24, 2.45) is 0 Å². The summed E-state index contributed by atoms with van der Waals surface area (Å²) in [4.78, 5) is 4.30. The summed E-state index contributed by atoms with van der Waals surface area (Å²) in [6, 6.07) is 11.1. The van der Waals surface area contributed by atoms with Crippen molar-refractivity contribution in [3.63, 3.8) is 0 Å². The van der Waals surface area contributed by atoms with Crippen molar-refractivity contribution in [2.75, 3.05) is 33.0 Å². The van der Waals surface area contributed by atoms with Crippen LogP contribution in [0.1, 0.15) is 18.4 Å². The summed E-state index contributed by atoms with van der Waals surface area (Å²) in [5.74, 6) is 0.816. The molecule has 3 rings (SSSR count). The van der Waals surface area contributed by atoms with E-state index in [0.717, 1.165) is 36.3 Å². The van der Waals surface area contributed by atoms with E-state index in [4.69, 9.17) is 14.6 Å². The molecule has 2 heterocycles. The monoisotopic (exact) mass is 342 g/mol. The maximum Gasteiger partial charge on any atom is 0.138 e. The standard InChI is InChI=1S/C20H26N2O3/c23-9-11-24-10-1-2-16-3-5-17(6-4-16)18-12-20(14-21-13-18)25-15-19-7-8-22-19/h3-6,12-14,19,22-23H,1-2,7-11,15H2. The molecule has 1 fully saturated rings. The minimum Gasteiger partial charge on any atom is -0.490 e. The molecule has 1 aromatic carbocycles. The fourth-order valence-electron chi connectivity index (χ4n) is 2.75. The van der Waals surface area contributed by atoms with Crippen LogP contribution in [0.25, 0.3) is 11.1 Å². The van der Waals surface area contributed by atoms with Gasteiger partial charge in [-0.2, -0.15) is 0 Å². The highest BCUT2D eigenvalue weighted by Crippen LogP contribution is 2.23. The predicted molar refractivity (Wildman–Crippen MR) is 97.8 cm³/mol. The van der Waals surface area contributed by atoms with Gasteiger partial charge < -0.3 is 19.9 Å². The van der Waals surface area contributed by atoms with Crippen LogP contribution in [0.5, 0.6) is 5.75 Å². The number of nitrogens with zero attached hydrogens (tertiary/aromatic N) is 1. The van der Waals surface area contributed by atoms with Crippen molar-refractivity contribution in [2.45, 2.75) is 25.3 Å². The molecule has 0 saturated carbocycles. The molecule has 1 atom stereocenters.